The number of amides is 2. The van der Waals surface area contributed by atoms with Gasteiger partial charge in [0.15, 0.2) is 0 Å². The molecule has 0 saturated carbocycles. The Morgan fingerprint density at radius 3 is 2.65 bits per heavy atom. The number of hydrogen-bond acceptors (Lipinski definition) is 3. The maximum atomic E-state index is 12.2. The van der Waals surface area contributed by atoms with E-state index in [-0.39, 0.29) is 5.91 Å². The van der Waals surface area contributed by atoms with Gasteiger partial charge in [0.1, 0.15) is 5.00 Å². The number of thiophene rings is 1. The molecule has 2 aromatic rings. The normalized spacial score (nSPS) is 12.9. The first kappa shape index (κ1) is 16.0. The van der Waals surface area contributed by atoms with Crippen LogP contribution in [0.15, 0.2) is 24.3 Å². The van der Waals surface area contributed by atoms with Crippen LogP contribution in [0.2, 0.25) is 5.02 Å². The second-order valence-electron chi connectivity index (χ2n) is 5.60. The van der Waals surface area contributed by atoms with E-state index in [9.17, 15) is 9.59 Å². The first-order chi connectivity index (χ1) is 11.0. The molecule has 0 saturated heterocycles. The number of halogens is 1. The Morgan fingerprint density at radius 1 is 1.22 bits per heavy atom. The SMILES string of the molecule is NC(=O)c1c(NC(=O)CCc2ccc(Cl)cc2)sc2c1CCC2. The van der Waals surface area contributed by atoms with Gasteiger partial charge in [-0.3, -0.25) is 9.59 Å². The van der Waals surface area contributed by atoms with E-state index >= 15 is 0 Å². The van der Waals surface area contributed by atoms with Crippen molar-refractivity contribution >= 4 is 39.8 Å². The molecule has 0 atom stereocenters. The first-order valence-electron chi connectivity index (χ1n) is 7.53. The van der Waals surface area contributed by atoms with Crippen molar-refractivity contribution in [2.45, 2.75) is 32.1 Å². The van der Waals surface area contributed by atoms with Crippen LogP contribution >= 0.6 is 22.9 Å². The fraction of sp³-hybridized carbons (Fsp3) is 0.294. The number of aryl methyl sites for hydroxylation is 2. The summed E-state index contributed by atoms with van der Waals surface area (Å²) in [5.74, 6) is -0.570. The summed E-state index contributed by atoms with van der Waals surface area (Å²) in [6, 6.07) is 7.43. The van der Waals surface area contributed by atoms with E-state index in [4.69, 9.17) is 17.3 Å². The quantitative estimate of drug-likeness (QED) is 0.867. The molecule has 1 aliphatic carbocycles. The third-order valence-electron chi connectivity index (χ3n) is 3.97. The highest BCUT2D eigenvalue weighted by atomic mass is 35.5. The van der Waals surface area contributed by atoms with Crippen LogP contribution in [0.1, 0.15) is 39.2 Å². The lowest BCUT2D eigenvalue weighted by molar-refractivity contribution is -0.116. The van der Waals surface area contributed by atoms with E-state index in [1.54, 1.807) is 0 Å². The summed E-state index contributed by atoms with van der Waals surface area (Å²) in [4.78, 5) is 25.0. The maximum absolute atomic E-state index is 12.2. The molecule has 1 aliphatic rings. The minimum atomic E-state index is -0.461. The van der Waals surface area contributed by atoms with Gasteiger partial charge in [-0.25, -0.2) is 0 Å². The molecule has 120 valence electrons. The van der Waals surface area contributed by atoms with Crippen LogP contribution in [0.25, 0.3) is 0 Å². The molecule has 3 rings (SSSR count). The van der Waals surface area contributed by atoms with Gasteiger partial charge in [-0.05, 0) is 48.9 Å². The summed E-state index contributed by atoms with van der Waals surface area (Å²) in [5.41, 5.74) is 8.07. The number of rotatable bonds is 5. The third-order valence-corrected chi connectivity index (χ3v) is 5.43. The van der Waals surface area contributed by atoms with E-state index in [1.165, 1.54) is 16.2 Å². The van der Waals surface area contributed by atoms with Crippen molar-refractivity contribution in [1.82, 2.24) is 0 Å². The monoisotopic (exact) mass is 348 g/mol. The molecule has 1 aromatic carbocycles. The Labute approximate surface area is 143 Å². The van der Waals surface area contributed by atoms with Crippen LogP contribution in [0.5, 0.6) is 0 Å². The van der Waals surface area contributed by atoms with E-state index in [2.05, 4.69) is 5.32 Å². The second-order valence-corrected chi connectivity index (χ2v) is 7.14. The number of benzene rings is 1. The van der Waals surface area contributed by atoms with Crippen molar-refractivity contribution in [1.29, 1.82) is 0 Å². The number of carbonyl (C=O) groups is 2. The molecule has 0 radical (unpaired) electrons. The highest BCUT2D eigenvalue weighted by Gasteiger charge is 2.25. The molecule has 0 fully saturated rings. The number of carbonyl (C=O) groups excluding carboxylic acids is 2. The van der Waals surface area contributed by atoms with Crippen LogP contribution in [0.4, 0.5) is 5.00 Å². The molecule has 2 amide bonds. The zero-order valence-corrected chi connectivity index (χ0v) is 14.1. The highest BCUT2D eigenvalue weighted by Crippen LogP contribution is 2.38. The van der Waals surface area contributed by atoms with Gasteiger partial charge in [-0.2, -0.15) is 0 Å². The number of anilines is 1. The number of fused-ring (bicyclic) bond motifs is 1. The second kappa shape index (κ2) is 6.72. The number of nitrogens with one attached hydrogen (secondary N) is 1. The molecule has 4 nitrogen and oxygen atoms in total. The Hall–Kier alpha value is -1.85. The predicted octanol–water partition coefficient (Wildman–Crippen LogP) is 3.56. The van der Waals surface area contributed by atoms with E-state index < -0.39 is 5.91 Å². The molecule has 1 heterocycles. The largest absolute Gasteiger partial charge is 0.365 e. The van der Waals surface area contributed by atoms with Gasteiger partial charge in [0.25, 0.3) is 5.91 Å². The average molecular weight is 349 g/mol. The summed E-state index contributed by atoms with van der Waals surface area (Å²) in [5, 5.41) is 4.13. The fourth-order valence-corrected chi connectivity index (χ4v) is 4.29. The molecule has 3 N–H and O–H groups in total. The topological polar surface area (TPSA) is 72.2 Å². The van der Waals surface area contributed by atoms with Crippen LogP contribution in [-0.4, -0.2) is 11.8 Å². The molecular formula is C17H17ClN2O2S. The van der Waals surface area contributed by atoms with Crippen molar-refractivity contribution in [3.05, 3.63) is 50.9 Å². The highest BCUT2D eigenvalue weighted by molar-refractivity contribution is 7.17. The minimum Gasteiger partial charge on any atom is -0.365 e. The molecule has 0 bridgehead atoms. The molecule has 23 heavy (non-hydrogen) atoms. The number of primary amides is 1. The van der Waals surface area contributed by atoms with Gasteiger partial charge < -0.3 is 11.1 Å². The summed E-state index contributed by atoms with van der Waals surface area (Å²) in [6.45, 7) is 0. The van der Waals surface area contributed by atoms with Gasteiger partial charge in [0.05, 0.1) is 5.56 Å². The first-order valence-corrected chi connectivity index (χ1v) is 8.72. The van der Waals surface area contributed by atoms with Gasteiger partial charge in [-0.1, -0.05) is 23.7 Å². The fourth-order valence-electron chi connectivity index (χ4n) is 2.85. The summed E-state index contributed by atoms with van der Waals surface area (Å²) in [7, 11) is 0. The van der Waals surface area contributed by atoms with Crippen LogP contribution < -0.4 is 11.1 Å². The van der Waals surface area contributed by atoms with Crippen LogP contribution in [-0.2, 0) is 24.1 Å². The molecule has 6 heteroatoms. The van der Waals surface area contributed by atoms with Gasteiger partial charge in [-0.15, -0.1) is 11.3 Å². The average Bonchev–Trinajstić information content (AvgIpc) is 3.06. The lowest BCUT2D eigenvalue weighted by atomic mass is 10.1. The Kier molecular flexibility index (Phi) is 4.68. The number of hydrogen-bond donors (Lipinski definition) is 2. The van der Waals surface area contributed by atoms with E-state index in [0.29, 0.717) is 28.4 Å². The van der Waals surface area contributed by atoms with Crippen molar-refractivity contribution < 1.29 is 9.59 Å². The Morgan fingerprint density at radius 2 is 1.96 bits per heavy atom. The zero-order valence-electron chi connectivity index (χ0n) is 12.5. The predicted molar refractivity (Wildman–Crippen MR) is 93.3 cm³/mol. The zero-order chi connectivity index (χ0) is 16.4. The lowest BCUT2D eigenvalue weighted by Gasteiger charge is -2.06. The van der Waals surface area contributed by atoms with Crippen molar-refractivity contribution in [2.24, 2.45) is 5.73 Å². The van der Waals surface area contributed by atoms with Crippen molar-refractivity contribution in [2.75, 3.05) is 5.32 Å². The van der Waals surface area contributed by atoms with E-state index in [1.807, 2.05) is 24.3 Å². The standard InChI is InChI=1S/C17H17ClN2O2S/c18-11-7-4-10(5-8-11)6-9-14(21)20-17-15(16(19)22)12-2-1-3-13(12)23-17/h4-5,7-8H,1-3,6,9H2,(H2,19,22)(H,20,21). The van der Waals surface area contributed by atoms with Crippen LogP contribution in [0.3, 0.4) is 0 Å². The summed E-state index contributed by atoms with van der Waals surface area (Å²) >= 11 is 7.32. The van der Waals surface area contributed by atoms with E-state index in [0.717, 1.165) is 30.4 Å². The molecule has 0 aliphatic heterocycles. The molecule has 0 spiro atoms. The number of nitrogens with two attached hydrogens (primary N) is 1. The summed E-state index contributed by atoms with van der Waals surface area (Å²) in [6.07, 6.45) is 3.85. The van der Waals surface area contributed by atoms with Crippen molar-refractivity contribution in [3.8, 4) is 0 Å². The summed E-state index contributed by atoms with van der Waals surface area (Å²) < 4.78 is 0. The molecule has 1 aromatic heterocycles. The Bertz CT molecular complexity index is 753. The maximum Gasteiger partial charge on any atom is 0.251 e. The van der Waals surface area contributed by atoms with Gasteiger partial charge in [0, 0.05) is 16.3 Å². The molecule has 0 unspecified atom stereocenters. The van der Waals surface area contributed by atoms with Crippen LogP contribution in [0, 0.1) is 0 Å². The third kappa shape index (κ3) is 3.57. The van der Waals surface area contributed by atoms with Gasteiger partial charge in [0.2, 0.25) is 5.91 Å². The minimum absolute atomic E-state index is 0.109. The smallest absolute Gasteiger partial charge is 0.251 e. The van der Waals surface area contributed by atoms with Gasteiger partial charge >= 0.3 is 0 Å². The molecular weight excluding hydrogens is 332 g/mol. The Balaban J connectivity index is 1.66. The lowest BCUT2D eigenvalue weighted by Crippen LogP contribution is -2.18. The van der Waals surface area contributed by atoms with Crippen molar-refractivity contribution in [3.63, 3.8) is 0 Å².